The summed E-state index contributed by atoms with van der Waals surface area (Å²) in [5.74, 6) is 4.05. The molecular formula is C12H23N. The maximum atomic E-state index is 5.63. The van der Waals surface area contributed by atoms with E-state index < -0.39 is 0 Å². The molecule has 0 aliphatic heterocycles. The van der Waals surface area contributed by atoms with Gasteiger partial charge in [0.2, 0.25) is 0 Å². The molecule has 1 nitrogen and oxygen atoms in total. The lowest BCUT2D eigenvalue weighted by Gasteiger charge is -2.45. The zero-order valence-electron chi connectivity index (χ0n) is 8.84. The Morgan fingerprint density at radius 2 is 1.92 bits per heavy atom. The largest absolute Gasteiger partial charge is 0.330 e. The summed E-state index contributed by atoms with van der Waals surface area (Å²) in [5, 5.41) is 0. The molecule has 0 aromatic carbocycles. The number of hydrogen-bond acceptors (Lipinski definition) is 1. The van der Waals surface area contributed by atoms with Crippen LogP contribution in [0.3, 0.4) is 0 Å². The van der Waals surface area contributed by atoms with E-state index in [9.17, 15) is 0 Å². The molecule has 2 bridgehead atoms. The highest BCUT2D eigenvalue weighted by molar-refractivity contribution is 4.88. The third-order valence-corrected chi connectivity index (χ3v) is 4.46. The normalized spacial score (nSPS) is 40.6. The molecule has 3 aliphatic rings. The first-order valence-electron chi connectivity index (χ1n) is 6.01. The highest BCUT2D eigenvalue weighted by Gasteiger charge is 2.37. The molecule has 3 aliphatic carbocycles. The van der Waals surface area contributed by atoms with Crippen LogP contribution in [0.25, 0.3) is 0 Å². The van der Waals surface area contributed by atoms with Crippen molar-refractivity contribution in [1.29, 1.82) is 0 Å². The molecule has 0 aromatic heterocycles. The topological polar surface area (TPSA) is 26.0 Å². The first kappa shape index (κ1) is 9.51. The Morgan fingerprint density at radius 3 is 2.38 bits per heavy atom. The summed E-state index contributed by atoms with van der Waals surface area (Å²) in [4.78, 5) is 0. The van der Waals surface area contributed by atoms with Gasteiger partial charge in [-0.15, -0.1) is 0 Å². The number of hydrogen-bond donors (Lipinski definition) is 1. The Hall–Kier alpha value is -0.0400. The van der Waals surface area contributed by atoms with Crippen molar-refractivity contribution in [3.05, 3.63) is 0 Å². The zero-order chi connectivity index (χ0) is 9.26. The Kier molecular flexibility index (Phi) is 2.92. The molecule has 0 heterocycles. The fraction of sp³-hybridized carbons (Fsp3) is 1.00. The summed E-state index contributed by atoms with van der Waals surface area (Å²) in [6.45, 7) is 3.30. The van der Waals surface area contributed by atoms with Crippen LogP contribution in [-0.2, 0) is 0 Å². The van der Waals surface area contributed by atoms with Crippen LogP contribution in [0.5, 0.6) is 0 Å². The SMILES string of the molecule is CC(CCN)C1CC2CCC1CC2. The molecule has 0 spiro atoms. The van der Waals surface area contributed by atoms with Crippen molar-refractivity contribution in [2.75, 3.05) is 6.54 Å². The number of fused-ring (bicyclic) bond motifs is 3. The second kappa shape index (κ2) is 4.00. The van der Waals surface area contributed by atoms with Crippen LogP contribution in [0.15, 0.2) is 0 Å². The molecule has 13 heavy (non-hydrogen) atoms. The summed E-state index contributed by atoms with van der Waals surface area (Å²) < 4.78 is 0. The molecule has 1 heteroatoms. The van der Waals surface area contributed by atoms with Crippen molar-refractivity contribution in [1.82, 2.24) is 0 Å². The maximum Gasteiger partial charge on any atom is -0.00746 e. The summed E-state index contributed by atoms with van der Waals surface area (Å²) in [6.07, 6.45) is 8.85. The van der Waals surface area contributed by atoms with Gasteiger partial charge >= 0.3 is 0 Å². The van der Waals surface area contributed by atoms with Crippen LogP contribution in [0, 0.1) is 23.7 Å². The van der Waals surface area contributed by atoms with Crippen molar-refractivity contribution in [2.45, 2.75) is 45.4 Å². The van der Waals surface area contributed by atoms with Crippen LogP contribution in [-0.4, -0.2) is 6.54 Å². The van der Waals surface area contributed by atoms with Gasteiger partial charge < -0.3 is 5.73 Å². The standard InChI is InChI=1S/C12H23N/c1-9(6-7-13)12-8-10-2-4-11(12)5-3-10/h9-12H,2-8,13H2,1H3. The van der Waals surface area contributed by atoms with E-state index in [1.54, 1.807) is 0 Å². The van der Waals surface area contributed by atoms with Crippen LogP contribution in [0.1, 0.15) is 45.4 Å². The Labute approximate surface area is 82.1 Å². The first-order valence-corrected chi connectivity index (χ1v) is 6.01. The highest BCUT2D eigenvalue weighted by atomic mass is 14.5. The predicted octanol–water partition coefficient (Wildman–Crippen LogP) is 2.80. The third-order valence-electron chi connectivity index (χ3n) is 4.46. The average molecular weight is 181 g/mol. The van der Waals surface area contributed by atoms with Gasteiger partial charge in [0.25, 0.3) is 0 Å². The monoisotopic (exact) mass is 181 g/mol. The minimum Gasteiger partial charge on any atom is -0.330 e. The fourth-order valence-electron chi connectivity index (χ4n) is 3.60. The molecule has 3 rings (SSSR count). The van der Waals surface area contributed by atoms with Gasteiger partial charge in [0.05, 0.1) is 0 Å². The van der Waals surface area contributed by atoms with Gasteiger partial charge in [0, 0.05) is 0 Å². The van der Waals surface area contributed by atoms with E-state index in [1.165, 1.54) is 38.5 Å². The molecule has 2 unspecified atom stereocenters. The van der Waals surface area contributed by atoms with E-state index in [1.807, 2.05) is 0 Å². The van der Waals surface area contributed by atoms with Gasteiger partial charge in [0.15, 0.2) is 0 Å². The highest BCUT2D eigenvalue weighted by Crippen LogP contribution is 2.48. The Balaban J connectivity index is 1.92. The third kappa shape index (κ3) is 1.90. The summed E-state index contributed by atoms with van der Waals surface area (Å²) in [6, 6.07) is 0. The van der Waals surface area contributed by atoms with Gasteiger partial charge in [-0.25, -0.2) is 0 Å². The zero-order valence-corrected chi connectivity index (χ0v) is 8.84. The minimum atomic E-state index is 0.884. The quantitative estimate of drug-likeness (QED) is 0.712. The van der Waals surface area contributed by atoms with E-state index in [-0.39, 0.29) is 0 Å². The van der Waals surface area contributed by atoms with Crippen molar-refractivity contribution < 1.29 is 0 Å². The number of rotatable bonds is 3. The van der Waals surface area contributed by atoms with E-state index in [4.69, 9.17) is 5.73 Å². The number of nitrogens with two attached hydrogens (primary N) is 1. The van der Waals surface area contributed by atoms with Crippen molar-refractivity contribution in [2.24, 2.45) is 29.4 Å². The van der Waals surface area contributed by atoms with Crippen LogP contribution >= 0.6 is 0 Å². The molecule has 76 valence electrons. The van der Waals surface area contributed by atoms with Crippen molar-refractivity contribution in [3.8, 4) is 0 Å². The van der Waals surface area contributed by atoms with Gasteiger partial charge in [-0.3, -0.25) is 0 Å². The van der Waals surface area contributed by atoms with E-state index in [0.717, 1.165) is 30.2 Å². The van der Waals surface area contributed by atoms with E-state index in [0.29, 0.717) is 0 Å². The predicted molar refractivity (Wildman–Crippen MR) is 56.4 cm³/mol. The molecule has 2 N–H and O–H groups in total. The molecule has 0 radical (unpaired) electrons. The van der Waals surface area contributed by atoms with Gasteiger partial charge in [-0.2, -0.15) is 0 Å². The summed E-state index contributed by atoms with van der Waals surface area (Å²) in [5.41, 5.74) is 5.63. The van der Waals surface area contributed by atoms with Gasteiger partial charge in [0.1, 0.15) is 0 Å². The molecule has 0 aromatic rings. The Bertz CT molecular complexity index is 159. The minimum absolute atomic E-state index is 0.884. The lowest BCUT2D eigenvalue weighted by Crippen LogP contribution is -2.35. The molecule has 3 fully saturated rings. The van der Waals surface area contributed by atoms with Crippen LogP contribution in [0.2, 0.25) is 0 Å². The van der Waals surface area contributed by atoms with Crippen molar-refractivity contribution in [3.63, 3.8) is 0 Å². The molecular weight excluding hydrogens is 158 g/mol. The van der Waals surface area contributed by atoms with E-state index in [2.05, 4.69) is 6.92 Å². The van der Waals surface area contributed by atoms with Crippen LogP contribution in [0.4, 0.5) is 0 Å². The van der Waals surface area contributed by atoms with Crippen LogP contribution < -0.4 is 5.73 Å². The van der Waals surface area contributed by atoms with Gasteiger partial charge in [-0.05, 0) is 55.9 Å². The average Bonchev–Trinajstić information content (AvgIpc) is 2.20. The lowest BCUT2D eigenvalue weighted by atomic mass is 9.61. The maximum absolute atomic E-state index is 5.63. The summed E-state index contributed by atoms with van der Waals surface area (Å²) in [7, 11) is 0. The van der Waals surface area contributed by atoms with Crippen molar-refractivity contribution >= 4 is 0 Å². The fourth-order valence-corrected chi connectivity index (χ4v) is 3.60. The first-order chi connectivity index (χ1) is 6.31. The van der Waals surface area contributed by atoms with E-state index >= 15 is 0 Å². The lowest BCUT2D eigenvalue weighted by molar-refractivity contribution is 0.0604. The summed E-state index contributed by atoms with van der Waals surface area (Å²) >= 11 is 0. The smallest absolute Gasteiger partial charge is 0.00746 e. The second-order valence-electron chi connectivity index (χ2n) is 5.23. The molecule has 3 saturated carbocycles. The second-order valence-corrected chi connectivity index (χ2v) is 5.23. The molecule has 0 amide bonds. The molecule has 2 atom stereocenters. The van der Waals surface area contributed by atoms with Gasteiger partial charge in [-0.1, -0.05) is 19.8 Å². The Morgan fingerprint density at radius 1 is 1.23 bits per heavy atom. The molecule has 0 saturated heterocycles.